The van der Waals surface area contributed by atoms with Crippen molar-refractivity contribution >= 4 is 0 Å². The highest BCUT2D eigenvalue weighted by Crippen LogP contribution is 2.31. The van der Waals surface area contributed by atoms with E-state index in [0.29, 0.717) is 48.2 Å². The van der Waals surface area contributed by atoms with Gasteiger partial charge in [-0.1, -0.05) is 20.8 Å². The second-order valence-corrected chi connectivity index (χ2v) is 6.95. The Morgan fingerprint density at radius 3 is 2.52 bits per heavy atom. The third kappa shape index (κ3) is 4.24. The number of rotatable bonds is 6. The fraction of sp³-hybridized carbons (Fsp3) is 0.400. The van der Waals surface area contributed by atoms with Gasteiger partial charge in [0.1, 0.15) is 11.4 Å². The maximum absolute atomic E-state index is 10.1. The number of aromatic nitrogens is 4. The minimum atomic E-state index is 0.298. The Kier molecular flexibility index (Phi) is 5.39. The van der Waals surface area contributed by atoms with Crippen molar-refractivity contribution in [2.75, 3.05) is 6.61 Å². The second kappa shape index (κ2) is 7.73. The van der Waals surface area contributed by atoms with Gasteiger partial charge in [0, 0.05) is 11.3 Å². The third-order valence-electron chi connectivity index (χ3n) is 4.03. The number of hydrogen-bond donors (Lipinski definition) is 1. The molecule has 0 unspecified atom stereocenters. The maximum atomic E-state index is 10.1. The summed E-state index contributed by atoms with van der Waals surface area (Å²) in [4.78, 5) is 8.67. The number of benzene rings is 1. The lowest BCUT2D eigenvalue weighted by Crippen LogP contribution is -2.08. The Labute approximate surface area is 158 Å². The van der Waals surface area contributed by atoms with Gasteiger partial charge in [0.05, 0.1) is 6.61 Å². The molecule has 0 aliphatic rings. The van der Waals surface area contributed by atoms with Crippen LogP contribution in [0.15, 0.2) is 22.6 Å². The summed E-state index contributed by atoms with van der Waals surface area (Å²) < 4.78 is 11.5. The smallest absolute Gasteiger partial charge is 0.317 e. The number of nitrogens with zero attached hydrogens (tertiary/aromatic N) is 4. The summed E-state index contributed by atoms with van der Waals surface area (Å²) in [5, 5.41) is 18.4. The van der Waals surface area contributed by atoms with Crippen LogP contribution in [0.4, 0.5) is 0 Å². The van der Waals surface area contributed by atoms with E-state index in [1.807, 2.05) is 32.9 Å². The summed E-state index contributed by atoms with van der Waals surface area (Å²) in [6.07, 6.45) is 0.711. The van der Waals surface area contributed by atoms with Gasteiger partial charge in [0.25, 0.3) is 5.89 Å². The van der Waals surface area contributed by atoms with Gasteiger partial charge in [-0.2, -0.15) is 4.98 Å². The van der Waals surface area contributed by atoms with Crippen LogP contribution in [0.5, 0.6) is 11.8 Å². The topological polar surface area (TPSA) is 94.2 Å². The molecule has 2 aromatic heterocycles. The Bertz CT molecular complexity index is 950. The minimum absolute atomic E-state index is 0.298. The van der Waals surface area contributed by atoms with Crippen LogP contribution in [0.25, 0.3) is 23.0 Å². The van der Waals surface area contributed by atoms with Gasteiger partial charge >= 0.3 is 6.01 Å². The first kappa shape index (κ1) is 18.8. The highest BCUT2D eigenvalue weighted by Gasteiger charge is 2.16. The first-order chi connectivity index (χ1) is 12.9. The van der Waals surface area contributed by atoms with Crippen LogP contribution in [0.1, 0.15) is 37.6 Å². The molecule has 0 atom stereocenters. The monoisotopic (exact) mass is 368 g/mol. The normalized spacial score (nSPS) is 11.2. The van der Waals surface area contributed by atoms with Crippen LogP contribution >= 0.6 is 0 Å². The molecule has 2 heterocycles. The van der Waals surface area contributed by atoms with Crippen LogP contribution in [-0.4, -0.2) is 31.9 Å². The predicted molar refractivity (Wildman–Crippen MR) is 102 cm³/mol. The molecule has 0 fully saturated rings. The summed E-state index contributed by atoms with van der Waals surface area (Å²) in [7, 11) is 0. The summed E-state index contributed by atoms with van der Waals surface area (Å²) in [5.41, 5.74) is 3.65. The molecule has 0 aliphatic carbocycles. The molecule has 0 saturated carbocycles. The first-order valence-corrected chi connectivity index (χ1v) is 9.02. The number of phenols is 1. The largest absolute Gasteiger partial charge is 0.507 e. The third-order valence-corrected chi connectivity index (χ3v) is 4.03. The van der Waals surface area contributed by atoms with Crippen molar-refractivity contribution < 1.29 is 14.3 Å². The van der Waals surface area contributed by atoms with Crippen LogP contribution in [0, 0.1) is 19.8 Å². The van der Waals surface area contributed by atoms with Crippen LogP contribution < -0.4 is 4.74 Å². The van der Waals surface area contributed by atoms with E-state index in [0.717, 1.165) is 22.4 Å². The lowest BCUT2D eigenvalue weighted by Gasteiger charge is -2.08. The highest BCUT2D eigenvalue weighted by molar-refractivity contribution is 5.61. The zero-order valence-corrected chi connectivity index (χ0v) is 16.3. The Balaban J connectivity index is 1.93. The number of aromatic hydroxyl groups is 1. The van der Waals surface area contributed by atoms with Gasteiger partial charge in [-0.3, -0.25) is 0 Å². The van der Waals surface area contributed by atoms with E-state index >= 15 is 0 Å². The number of phenolic OH excluding ortho intramolecular Hbond substituents is 1. The predicted octanol–water partition coefficient (Wildman–Crippen LogP) is 4.11. The molecular formula is C20H24N4O3. The minimum Gasteiger partial charge on any atom is -0.507 e. The van der Waals surface area contributed by atoms with Crippen LogP contribution in [-0.2, 0) is 6.42 Å². The van der Waals surface area contributed by atoms with Gasteiger partial charge in [-0.25, -0.2) is 4.98 Å². The van der Waals surface area contributed by atoms with Crippen molar-refractivity contribution in [3.05, 3.63) is 35.0 Å². The zero-order valence-electron chi connectivity index (χ0n) is 16.3. The standard InChI is InChI=1S/C20H24N4O3/c1-6-14-9-15(7-12(4)17(14)25)18-23-24-19(27-18)16-8-13(5)21-20(22-16)26-10-11(2)3/h7-9,11,25H,6,10H2,1-5H3. The van der Waals surface area contributed by atoms with Crippen molar-refractivity contribution in [2.45, 2.75) is 41.0 Å². The Morgan fingerprint density at radius 1 is 1.07 bits per heavy atom. The summed E-state index contributed by atoms with van der Waals surface area (Å²) >= 11 is 0. The molecule has 0 saturated heterocycles. The maximum Gasteiger partial charge on any atom is 0.317 e. The molecule has 0 amide bonds. The van der Waals surface area contributed by atoms with Crippen molar-refractivity contribution in [3.63, 3.8) is 0 Å². The fourth-order valence-corrected chi connectivity index (χ4v) is 2.65. The highest BCUT2D eigenvalue weighted by atomic mass is 16.5. The van der Waals surface area contributed by atoms with Gasteiger partial charge in [-0.15, -0.1) is 10.2 Å². The van der Waals surface area contributed by atoms with E-state index in [1.54, 1.807) is 6.07 Å². The van der Waals surface area contributed by atoms with E-state index < -0.39 is 0 Å². The molecule has 0 spiro atoms. The van der Waals surface area contributed by atoms with Gasteiger partial charge in [0.2, 0.25) is 5.89 Å². The molecule has 0 radical (unpaired) electrons. The number of aryl methyl sites for hydroxylation is 3. The molecular weight excluding hydrogens is 344 g/mol. The van der Waals surface area contributed by atoms with Crippen molar-refractivity contribution in [3.8, 4) is 34.8 Å². The Hall–Kier alpha value is -2.96. The summed E-state index contributed by atoms with van der Waals surface area (Å²) in [6, 6.07) is 5.77. The molecule has 7 heteroatoms. The fourth-order valence-electron chi connectivity index (χ4n) is 2.65. The van der Waals surface area contributed by atoms with Crippen molar-refractivity contribution in [2.24, 2.45) is 5.92 Å². The summed E-state index contributed by atoms with van der Waals surface area (Å²) in [6.45, 7) is 10.4. The zero-order chi connectivity index (χ0) is 19.6. The van der Waals surface area contributed by atoms with E-state index in [9.17, 15) is 5.11 Å². The number of hydrogen-bond acceptors (Lipinski definition) is 7. The molecule has 3 aromatic rings. The molecule has 1 N–H and O–H groups in total. The summed E-state index contributed by atoms with van der Waals surface area (Å²) in [5.74, 6) is 1.36. The van der Waals surface area contributed by atoms with Crippen LogP contribution in [0.2, 0.25) is 0 Å². The first-order valence-electron chi connectivity index (χ1n) is 9.02. The van der Waals surface area contributed by atoms with E-state index in [2.05, 4.69) is 34.0 Å². The van der Waals surface area contributed by atoms with E-state index in [1.165, 1.54) is 0 Å². The van der Waals surface area contributed by atoms with Crippen molar-refractivity contribution in [1.29, 1.82) is 0 Å². The average Bonchev–Trinajstić information content (AvgIpc) is 3.12. The molecule has 0 aliphatic heterocycles. The van der Waals surface area contributed by atoms with Gasteiger partial charge in [-0.05, 0) is 55.5 Å². The SMILES string of the molecule is CCc1cc(-c2nnc(-c3cc(C)nc(OCC(C)C)n3)o2)cc(C)c1O. The van der Waals surface area contributed by atoms with Crippen molar-refractivity contribution in [1.82, 2.24) is 20.2 Å². The lowest BCUT2D eigenvalue weighted by molar-refractivity contribution is 0.250. The lowest BCUT2D eigenvalue weighted by atomic mass is 10.0. The molecule has 7 nitrogen and oxygen atoms in total. The quantitative estimate of drug-likeness (QED) is 0.699. The molecule has 142 valence electrons. The van der Waals surface area contributed by atoms with E-state index in [-0.39, 0.29) is 0 Å². The van der Waals surface area contributed by atoms with Crippen LogP contribution in [0.3, 0.4) is 0 Å². The second-order valence-electron chi connectivity index (χ2n) is 6.95. The number of ether oxygens (including phenoxy) is 1. The Morgan fingerprint density at radius 2 is 1.81 bits per heavy atom. The van der Waals surface area contributed by atoms with Gasteiger partial charge < -0.3 is 14.3 Å². The molecule has 1 aromatic carbocycles. The average molecular weight is 368 g/mol. The van der Waals surface area contributed by atoms with E-state index in [4.69, 9.17) is 9.15 Å². The molecule has 0 bridgehead atoms. The molecule has 3 rings (SSSR count). The van der Waals surface area contributed by atoms with Gasteiger partial charge in [0.15, 0.2) is 0 Å². The molecule has 27 heavy (non-hydrogen) atoms.